The van der Waals surface area contributed by atoms with Crippen molar-refractivity contribution in [2.75, 3.05) is 20.6 Å². The number of likely N-dealkylation sites (N-methyl/N-ethyl adjacent to an activating group) is 1. The number of imidazole rings is 1. The smallest absolute Gasteiger partial charge is 0.255 e. The second-order valence-corrected chi connectivity index (χ2v) is 6.76. The highest BCUT2D eigenvalue weighted by Gasteiger charge is 2.25. The number of allylic oxidation sites excluding steroid dienone is 3. The SMILES string of the molecule is CCC1=CC=C(C(=O)N(C)C)c2nc(-c3n[nH]c4c3=CCCN=4)[nH]c2C1. The Morgan fingerprint density at radius 2 is 2.12 bits per heavy atom. The van der Waals surface area contributed by atoms with Crippen LogP contribution >= 0.6 is 0 Å². The van der Waals surface area contributed by atoms with Crippen molar-refractivity contribution in [1.82, 2.24) is 25.1 Å². The topological polar surface area (TPSA) is 90.0 Å². The minimum atomic E-state index is -0.0523. The molecule has 0 aromatic carbocycles. The van der Waals surface area contributed by atoms with Crippen molar-refractivity contribution in [3.8, 4) is 11.5 Å². The second-order valence-electron chi connectivity index (χ2n) is 6.76. The second kappa shape index (κ2) is 6.40. The van der Waals surface area contributed by atoms with Crippen LogP contribution < -0.4 is 10.7 Å². The molecule has 26 heavy (non-hydrogen) atoms. The molecule has 2 aromatic rings. The lowest BCUT2D eigenvalue weighted by atomic mass is 10.1. The molecule has 0 saturated carbocycles. The van der Waals surface area contributed by atoms with Crippen molar-refractivity contribution >= 4 is 17.6 Å². The maximum Gasteiger partial charge on any atom is 0.255 e. The summed E-state index contributed by atoms with van der Waals surface area (Å²) in [6.45, 7) is 2.90. The minimum Gasteiger partial charge on any atom is -0.345 e. The molecule has 2 aliphatic rings. The van der Waals surface area contributed by atoms with E-state index in [0.717, 1.165) is 47.9 Å². The summed E-state index contributed by atoms with van der Waals surface area (Å²) in [7, 11) is 3.51. The molecule has 0 spiro atoms. The molecule has 3 heterocycles. The normalized spacial score (nSPS) is 15.7. The lowest BCUT2D eigenvalue weighted by molar-refractivity contribution is -0.122. The molecule has 0 atom stereocenters. The van der Waals surface area contributed by atoms with Crippen LogP contribution in [0, 0.1) is 0 Å². The average molecular weight is 350 g/mol. The van der Waals surface area contributed by atoms with Crippen molar-refractivity contribution in [3.05, 3.63) is 39.8 Å². The summed E-state index contributed by atoms with van der Waals surface area (Å²) >= 11 is 0. The van der Waals surface area contributed by atoms with Gasteiger partial charge in [-0.25, -0.2) is 4.98 Å². The Kier molecular flexibility index (Phi) is 4.06. The van der Waals surface area contributed by atoms with Gasteiger partial charge in [0.25, 0.3) is 5.91 Å². The molecule has 1 amide bonds. The number of aromatic nitrogens is 4. The van der Waals surface area contributed by atoms with Gasteiger partial charge < -0.3 is 9.88 Å². The number of nitrogens with zero attached hydrogens (tertiary/aromatic N) is 4. The lowest BCUT2D eigenvalue weighted by Gasteiger charge is -2.12. The summed E-state index contributed by atoms with van der Waals surface area (Å²) in [5.74, 6) is 0.624. The van der Waals surface area contributed by atoms with Gasteiger partial charge in [0.2, 0.25) is 0 Å². The number of carbonyl (C=O) groups excluding carboxylic acids is 1. The van der Waals surface area contributed by atoms with Crippen LogP contribution in [-0.2, 0) is 11.2 Å². The monoisotopic (exact) mass is 350 g/mol. The van der Waals surface area contributed by atoms with Crippen molar-refractivity contribution < 1.29 is 4.79 Å². The van der Waals surface area contributed by atoms with Gasteiger partial charge in [0.1, 0.15) is 5.69 Å². The maximum absolute atomic E-state index is 12.7. The quantitative estimate of drug-likeness (QED) is 0.864. The number of carbonyl (C=O) groups is 1. The zero-order valence-electron chi connectivity index (χ0n) is 15.3. The fourth-order valence-corrected chi connectivity index (χ4v) is 3.32. The molecule has 0 fully saturated rings. The van der Waals surface area contributed by atoms with E-state index in [-0.39, 0.29) is 5.91 Å². The molecule has 2 aromatic heterocycles. The van der Waals surface area contributed by atoms with E-state index in [1.165, 1.54) is 5.57 Å². The Morgan fingerprint density at radius 3 is 2.88 bits per heavy atom. The third kappa shape index (κ3) is 2.69. The maximum atomic E-state index is 12.7. The van der Waals surface area contributed by atoms with E-state index >= 15 is 0 Å². The molecule has 0 saturated heterocycles. The van der Waals surface area contributed by atoms with Crippen molar-refractivity contribution in [3.63, 3.8) is 0 Å². The summed E-state index contributed by atoms with van der Waals surface area (Å²) in [6.07, 6.45) is 8.63. The van der Waals surface area contributed by atoms with E-state index in [2.05, 4.69) is 33.2 Å². The highest BCUT2D eigenvalue weighted by atomic mass is 16.2. The Labute approximate surface area is 151 Å². The zero-order valence-corrected chi connectivity index (χ0v) is 15.3. The van der Waals surface area contributed by atoms with Gasteiger partial charge in [-0.1, -0.05) is 24.6 Å². The third-order valence-electron chi connectivity index (χ3n) is 4.77. The molecule has 0 radical (unpaired) electrons. The predicted molar refractivity (Wildman–Crippen MR) is 99.6 cm³/mol. The Balaban J connectivity index is 1.86. The number of fused-ring (bicyclic) bond motifs is 2. The first kappa shape index (κ1) is 16.5. The number of hydrogen-bond acceptors (Lipinski definition) is 4. The van der Waals surface area contributed by atoms with Gasteiger partial charge in [-0.15, -0.1) is 0 Å². The summed E-state index contributed by atoms with van der Waals surface area (Å²) in [6, 6.07) is 0. The largest absolute Gasteiger partial charge is 0.345 e. The highest BCUT2D eigenvalue weighted by Crippen LogP contribution is 2.28. The molecule has 4 rings (SSSR count). The summed E-state index contributed by atoms with van der Waals surface area (Å²) < 4.78 is 0. The number of H-pyrrole nitrogens is 2. The lowest BCUT2D eigenvalue weighted by Crippen LogP contribution is -2.27. The molecular weight excluding hydrogens is 328 g/mol. The molecule has 7 heteroatoms. The Hall–Kier alpha value is -2.96. The van der Waals surface area contributed by atoms with Gasteiger partial charge in [-0.2, -0.15) is 5.10 Å². The third-order valence-corrected chi connectivity index (χ3v) is 4.77. The van der Waals surface area contributed by atoms with Crippen molar-refractivity contribution in [2.45, 2.75) is 26.2 Å². The molecule has 1 aliphatic heterocycles. The minimum absolute atomic E-state index is 0.0523. The highest BCUT2D eigenvalue weighted by molar-refractivity contribution is 6.19. The first-order valence-corrected chi connectivity index (χ1v) is 8.88. The first-order chi connectivity index (χ1) is 12.6. The van der Waals surface area contributed by atoms with Crippen LogP contribution in [0.3, 0.4) is 0 Å². The molecule has 0 unspecified atom stereocenters. The number of amides is 1. The van der Waals surface area contributed by atoms with Crippen LogP contribution in [0.25, 0.3) is 23.2 Å². The standard InChI is InChI=1S/C19H22N6O/c1-4-11-7-8-13(19(26)25(2)3)15-14(10-11)21-18(22-15)16-12-6-5-9-20-17(12)24-23-16/h6-8H,4-5,9-10H2,1-3H3,(H,20,24)(H,21,22). The zero-order chi connectivity index (χ0) is 18.3. The van der Waals surface area contributed by atoms with E-state index < -0.39 is 0 Å². The van der Waals surface area contributed by atoms with E-state index in [0.29, 0.717) is 17.1 Å². The van der Waals surface area contributed by atoms with Crippen LogP contribution in [0.15, 0.2) is 22.7 Å². The van der Waals surface area contributed by atoms with E-state index in [1.807, 2.05) is 12.2 Å². The molecule has 0 bridgehead atoms. The fraction of sp³-hybridized carbons (Fsp3) is 0.368. The molecule has 7 nitrogen and oxygen atoms in total. The van der Waals surface area contributed by atoms with Crippen molar-refractivity contribution in [1.29, 1.82) is 0 Å². The average Bonchev–Trinajstić information content (AvgIpc) is 3.20. The van der Waals surface area contributed by atoms with Crippen LogP contribution in [0.5, 0.6) is 0 Å². The fourth-order valence-electron chi connectivity index (χ4n) is 3.32. The molecule has 1 aliphatic carbocycles. The van der Waals surface area contributed by atoms with Gasteiger partial charge in [0, 0.05) is 38.0 Å². The van der Waals surface area contributed by atoms with E-state index in [9.17, 15) is 4.79 Å². The summed E-state index contributed by atoms with van der Waals surface area (Å²) in [5, 5.41) is 8.37. The van der Waals surface area contributed by atoms with Crippen molar-refractivity contribution in [2.24, 2.45) is 4.99 Å². The van der Waals surface area contributed by atoms with E-state index in [4.69, 9.17) is 4.98 Å². The summed E-state index contributed by atoms with van der Waals surface area (Å²) in [4.78, 5) is 26.9. The van der Waals surface area contributed by atoms with Gasteiger partial charge in [-0.3, -0.25) is 14.9 Å². The molecule has 134 valence electrons. The van der Waals surface area contributed by atoms with E-state index in [1.54, 1.807) is 19.0 Å². The predicted octanol–water partition coefficient (Wildman–Crippen LogP) is 0.968. The summed E-state index contributed by atoms with van der Waals surface area (Å²) in [5.41, 5.74) is 5.09. The van der Waals surface area contributed by atoms with Crippen LogP contribution in [0.4, 0.5) is 0 Å². The Morgan fingerprint density at radius 1 is 1.27 bits per heavy atom. The molecule has 2 N–H and O–H groups in total. The number of rotatable bonds is 3. The van der Waals surface area contributed by atoms with Gasteiger partial charge in [0.15, 0.2) is 11.3 Å². The van der Waals surface area contributed by atoms with Crippen LogP contribution in [0.1, 0.15) is 31.2 Å². The number of aromatic amines is 2. The molecular formula is C19H22N6O. The van der Waals surface area contributed by atoms with Crippen LogP contribution in [-0.4, -0.2) is 51.6 Å². The van der Waals surface area contributed by atoms with Gasteiger partial charge >= 0.3 is 0 Å². The van der Waals surface area contributed by atoms with Gasteiger partial charge in [-0.05, 0) is 18.9 Å². The van der Waals surface area contributed by atoms with Crippen LogP contribution in [0.2, 0.25) is 0 Å². The Bertz CT molecular complexity index is 1050. The number of nitrogens with one attached hydrogen (secondary N) is 2. The first-order valence-electron chi connectivity index (χ1n) is 8.88. The van der Waals surface area contributed by atoms with Gasteiger partial charge in [0.05, 0.1) is 11.3 Å². The number of hydrogen-bond donors (Lipinski definition) is 2.